The molecular formula is C11H9F2N3O3. The first-order valence-electron chi connectivity index (χ1n) is 5.07. The van der Waals surface area contributed by atoms with Crippen molar-refractivity contribution in [2.45, 2.75) is 0 Å². The predicted octanol–water partition coefficient (Wildman–Crippen LogP) is 1.43. The van der Waals surface area contributed by atoms with Crippen LogP contribution >= 0.6 is 0 Å². The molecule has 0 atom stereocenters. The van der Waals surface area contributed by atoms with Crippen LogP contribution in [-0.4, -0.2) is 17.1 Å². The lowest BCUT2D eigenvalue weighted by Crippen LogP contribution is -2.11. The molecule has 0 saturated heterocycles. The Morgan fingerprint density at radius 1 is 1.32 bits per heavy atom. The number of halogens is 2. The van der Waals surface area contributed by atoms with Gasteiger partial charge in [0.25, 0.3) is 11.4 Å². The Morgan fingerprint density at radius 3 is 2.74 bits per heavy atom. The van der Waals surface area contributed by atoms with Gasteiger partial charge in [-0.3, -0.25) is 4.79 Å². The zero-order valence-electron chi connectivity index (χ0n) is 9.74. The summed E-state index contributed by atoms with van der Waals surface area (Å²) in [6.45, 7) is 0. The molecule has 0 fully saturated rings. The molecule has 0 radical (unpaired) electrons. The van der Waals surface area contributed by atoms with Gasteiger partial charge in [-0.25, -0.2) is 13.8 Å². The van der Waals surface area contributed by atoms with E-state index in [9.17, 15) is 13.6 Å². The zero-order valence-corrected chi connectivity index (χ0v) is 9.74. The van der Waals surface area contributed by atoms with Crippen molar-refractivity contribution in [2.24, 2.45) is 0 Å². The van der Waals surface area contributed by atoms with Gasteiger partial charge in [0.05, 0.1) is 19.1 Å². The molecule has 0 aliphatic heterocycles. The van der Waals surface area contributed by atoms with E-state index in [-0.39, 0.29) is 17.3 Å². The van der Waals surface area contributed by atoms with E-state index in [1.54, 1.807) is 0 Å². The van der Waals surface area contributed by atoms with Crippen molar-refractivity contribution in [3.8, 4) is 17.4 Å². The van der Waals surface area contributed by atoms with E-state index < -0.39 is 22.9 Å². The quantitative estimate of drug-likeness (QED) is 0.822. The third kappa shape index (κ3) is 2.46. The molecule has 8 heteroatoms. The monoisotopic (exact) mass is 269 g/mol. The number of hydrogen-bond acceptors (Lipinski definition) is 5. The Bertz CT molecular complexity index is 673. The van der Waals surface area contributed by atoms with Gasteiger partial charge in [-0.1, -0.05) is 0 Å². The van der Waals surface area contributed by atoms with Gasteiger partial charge in [-0.2, -0.15) is 0 Å². The number of anilines is 1. The van der Waals surface area contributed by atoms with Crippen LogP contribution in [0.15, 0.2) is 23.3 Å². The summed E-state index contributed by atoms with van der Waals surface area (Å²) < 4.78 is 36.5. The minimum absolute atomic E-state index is 0.251. The van der Waals surface area contributed by atoms with Crippen LogP contribution in [0.4, 0.5) is 14.5 Å². The molecule has 100 valence electrons. The van der Waals surface area contributed by atoms with Crippen molar-refractivity contribution in [1.82, 2.24) is 9.97 Å². The number of hydrogen-bond donors (Lipinski definition) is 2. The number of nitrogens with two attached hydrogens (primary N) is 1. The van der Waals surface area contributed by atoms with Crippen molar-refractivity contribution in [2.75, 3.05) is 12.8 Å². The smallest absolute Gasteiger partial charge is 0.297 e. The third-order valence-corrected chi connectivity index (χ3v) is 2.24. The highest BCUT2D eigenvalue weighted by Crippen LogP contribution is 2.29. The van der Waals surface area contributed by atoms with Crippen LogP contribution in [0.25, 0.3) is 0 Å². The summed E-state index contributed by atoms with van der Waals surface area (Å²) in [5, 5.41) is 0. The second-order valence-electron chi connectivity index (χ2n) is 3.48. The largest absolute Gasteiger partial charge is 0.487 e. The van der Waals surface area contributed by atoms with Gasteiger partial charge in [-0.05, 0) is 0 Å². The number of ether oxygens (including phenoxy) is 2. The van der Waals surface area contributed by atoms with E-state index in [4.69, 9.17) is 15.2 Å². The highest BCUT2D eigenvalue weighted by Gasteiger charge is 2.15. The third-order valence-electron chi connectivity index (χ3n) is 2.24. The molecule has 0 unspecified atom stereocenters. The van der Waals surface area contributed by atoms with E-state index in [0.717, 1.165) is 18.5 Å². The van der Waals surface area contributed by atoms with Crippen molar-refractivity contribution in [3.63, 3.8) is 0 Å². The lowest BCUT2D eigenvalue weighted by Gasteiger charge is -2.09. The molecule has 2 aromatic rings. The predicted molar refractivity (Wildman–Crippen MR) is 62.3 cm³/mol. The molecule has 0 spiro atoms. The van der Waals surface area contributed by atoms with Gasteiger partial charge < -0.3 is 20.2 Å². The fourth-order valence-corrected chi connectivity index (χ4v) is 1.35. The summed E-state index contributed by atoms with van der Waals surface area (Å²) in [6, 6.07) is 1.53. The maximum atomic E-state index is 13.5. The van der Waals surface area contributed by atoms with Gasteiger partial charge in [0.15, 0.2) is 11.6 Å². The number of aromatic nitrogens is 2. The lowest BCUT2D eigenvalue weighted by atomic mass is 10.3. The Morgan fingerprint density at radius 2 is 2.05 bits per heavy atom. The molecule has 6 nitrogen and oxygen atoms in total. The Hall–Kier alpha value is -2.64. The van der Waals surface area contributed by atoms with E-state index in [0.29, 0.717) is 0 Å². The molecule has 3 N–H and O–H groups in total. The lowest BCUT2D eigenvalue weighted by molar-refractivity contribution is 0.354. The molecule has 2 rings (SSSR count). The first kappa shape index (κ1) is 12.8. The van der Waals surface area contributed by atoms with Gasteiger partial charge >= 0.3 is 0 Å². The number of rotatable bonds is 3. The highest BCUT2D eigenvalue weighted by molar-refractivity contribution is 5.46. The average molecular weight is 269 g/mol. The summed E-state index contributed by atoms with van der Waals surface area (Å²) in [4.78, 5) is 17.3. The Labute approximate surface area is 105 Å². The summed E-state index contributed by atoms with van der Waals surface area (Å²) in [7, 11) is 1.22. The molecule has 0 saturated carbocycles. The molecule has 0 aliphatic rings. The van der Waals surface area contributed by atoms with Crippen LogP contribution in [0.5, 0.6) is 17.4 Å². The number of nitrogen functional groups attached to an aromatic ring is 1. The molecular weight excluding hydrogens is 260 g/mol. The van der Waals surface area contributed by atoms with Crippen LogP contribution in [0.2, 0.25) is 0 Å². The molecule has 1 heterocycles. The van der Waals surface area contributed by atoms with E-state index in [1.165, 1.54) is 7.11 Å². The Balaban J connectivity index is 2.45. The first-order chi connectivity index (χ1) is 9.02. The Kier molecular flexibility index (Phi) is 3.32. The van der Waals surface area contributed by atoms with E-state index in [1.807, 2.05) is 0 Å². The van der Waals surface area contributed by atoms with Gasteiger partial charge in [0.2, 0.25) is 5.75 Å². The van der Waals surface area contributed by atoms with Crippen LogP contribution < -0.4 is 20.8 Å². The van der Waals surface area contributed by atoms with Crippen LogP contribution in [0.1, 0.15) is 0 Å². The van der Waals surface area contributed by atoms with Crippen LogP contribution in [-0.2, 0) is 0 Å². The molecule has 1 aromatic heterocycles. The normalized spacial score (nSPS) is 10.3. The van der Waals surface area contributed by atoms with Crippen molar-refractivity contribution < 1.29 is 18.3 Å². The topological polar surface area (TPSA) is 90.2 Å². The molecule has 0 amide bonds. The van der Waals surface area contributed by atoms with Gasteiger partial charge in [0, 0.05) is 12.1 Å². The minimum atomic E-state index is -0.886. The maximum Gasteiger partial charge on any atom is 0.297 e. The number of methoxy groups -OCH3 is 1. The van der Waals surface area contributed by atoms with Crippen LogP contribution in [0, 0.1) is 11.6 Å². The van der Waals surface area contributed by atoms with E-state index in [2.05, 4.69) is 9.97 Å². The second kappa shape index (κ2) is 4.92. The number of H-pyrrole nitrogens is 1. The fourth-order valence-electron chi connectivity index (χ4n) is 1.35. The summed E-state index contributed by atoms with van der Waals surface area (Å²) in [5.74, 6) is -2.72. The molecule has 0 aliphatic carbocycles. The summed E-state index contributed by atoms with van der Waals surface area (Å²) in [5.41, 5.74) is 4.24. The average Bonchev–Trinajstić information content (AvgIpc) is 2.36. The van der Waals surface area contributed by atoms with Crippen molar-refractivity contribution in [1.29, 1.82) is 0 Å². The second-order valence-corrected chi connectivity index (χ2v) is 3.48. The van der Waals surface area contributed by atoms with Crippen molar-refractivity contribution in [3.05, 3.63) is 40.4 Å². The number of benzene rings is 1. The first-order valence-corrected chi connectivity index (χ1v) is 5.07. The summed E-state index contributed by atoms with van der Waals surface area (Å²) in [6.07, 6.45) is 1.05. The molecule has 1 aromatic carbocycles. The van der Waals surface area contributed by atoms with E-state index >= 15 is 0 Å². The number of nitrogens with one attached hydrogen (secondary N) is 1. The zero-order chi connectivity index (χ0) is 14.0. The molecule has 19 heavy (non-hydrogen) atoms. The van der Waals surface area contributed by atoms with Gasteiger partial charge in [0.1, 0.15) is 5.82 Å². The fraction of sp³-hybridized carbons (Fsp3) is 0.0909. The van der Waals surface area contributed by atoms with Gasteiger partial charge in [-0.15, -0.1) is 0 Å². The van der Waals surface area contributed by atoms with Crippen molar-refractivity contribution >= 4 is 5.69 Å². The minimum Gasteiger partial charge on any atom is -0.487 e. The number of nitrogens with zero attached hydrogens (tertiary/aromatic N) is 1. The van der Waals surface area contributed by atoms with Crippen LogP contribution in [0.3, 0.4) is 0 Å². The molecule has 0 bridgehead atoms. The highest BCUT2D eigenvalue weighted by atomic mass is 19.1. The standard InChI is InChI=1S/C11H9F2N3O3/c1-18-9-10(17)15-4-16-11(9)19-8-3-5(12)7(14)2-6(8)13/h2-4H,14H2,1H3,(H,15,16,17). The maximum absolute atomic E-state index is 13.5. The SMILES string of the molecule is COc1c(Oc2cc(F)c(N)cc2F)nc[nH]c1=O. The number of aromatic amines is 1. The summed E-state index contributed by atoms with van der Waals surface area (Å²) >= 11 is 0.